The summed E-state index contributed by atoms with van der Waals surface area (Å²) < 4.78 is 5.02. The van der Waals surface area contributed by atoms with Crippen molar-refractivity contribution in [3.63, 3.8) is 0 Å². The van der Waals surface area contributed by atoms with Crippen molar-refractivity contribution in [3.05, 3.63) is 33.9 Å². The van der Waals surface area contributed by atoms with Crippen LogP contribution in [0.15, 0.2) is 18.2 Å². The third-order valence-electron chi connectivity index (χ3n) is 3.82. The number of urea groups is 1. The van der Waals surface area contributed by atoms with Gasteiger partial charge in [0.25, 0.3) is 5.69 Å². The molecule has 0 spiro atoms. The molecule has 8 heteroatoms. The quantitative estimate of drug-likeness (QED) is 0.504. The van der Waals surface area contributed by atoms with Crippen LogP contribution in [0.4, 0.5) is 16.2 Å². The fourth-order valence-corrected chi connectivity index (χ4v) is 2.72. The normalized spacial score (nSPS) is 23.1. The van der Waals surface area contributed by atoms with Gasteiger partial charge in [0.2, 0.25) is 0 Å². The highest BCUT2D eigenvalue weighted by Gasteiger charge is 2.48. The number of morpholine rings is 1. The van der Waals surface area contributed by atoms with Crippen molar-refractivity contribution in [1.29, 1.82) is 0 Å². The SMILES string of the molecule is Cc1c(NC(=O)N2CC3CC2C(=O)O3)cccc1[N+](=O)[O-]. The largest absolute Gasteiger partial charge is 0.459 e. The van der Waals surface area contributed by atoms with Crippen molar-refractivity contribution >= 4 is 23.4 Å². The van der Waals surface area contributed by atoms with E-state index in [4.69, 9.17) is 4.74 Å². The number of benzene rings is 1. The summed E-state index contributed by atoms with van der Waals surface area (Å²) >= 11 is 0. The van der Waals surface area contributed by atoms with Crippen molar-refractivity contribution < 1.29 is 19.2 Å². The number of esters is 1. The topological polar surface area (TPSA) is 102 Å². The molecule has 2 bridgehead atoms. The Labute approximate surface area is 119 Å². The lowest BCUT2D eigenvalue weighted by Gasteiger charge is -2.26. The molecule has 2 amide bonds. The first-order chi connectivity index (χ1) is 9.97. The molecule has 2 heterocycles. The molecule has 2 aliphatic heterocycles. The van der Waals surface area contributed by atoms with Gasteiger partial charge in [0.05, 0.1) is 22.7 Å². The summed E-state index contributed by atoms with van der Waals surface area (Å²) in [4.78, 5) is 35.5. The Hall–Kier alpha value is -2.64. The zero-order valence-electron chi connectivity index (χ0n) is 11.2. The van der Waals surface area contributed by atoms with E-state index < -0.39 is 23.0 Å². The van der Waals surface area contributed by atoms with Gasteiger partial charge >= 0.3 is 12.0 Å². The van der Waals surface area contributed by atoms with E-state index in [2.05, 4.69) is 5.32 Å². The lowest BCUT2D eigenvalue weighted by molar-refractivity contribution is -0.385. The molecule has 0 radical (unpaired) electrons. The predicted molar refractivity (Wildman–Crippen MR) is 71.8 cm³/mol. The van der Waals surface area contributed by atoms with Gasteiger partial charge in [-0.15, -0.1) is 0 Å². The van der Waals surface area contributed by atoms with Crippen LogP contribution in [-0.4, -0.2) is 40.5 Å². The molecule has 2 atom stereocenters. The zero-order valence-corrected chi connectivity index (χ0v) is 11.2. The van der Waals surface area contributed by atoms with E-state index in [1.54, 1.807) is 13.0 Å². The van der Waals surface area contributed by atoms with Crippen LogP contribution in [0.25, 0.3) is 0 Å². The summed E-state index contributed by atoms with van der Waals surface area (Å²) in [7, 11) is 0. The molecule has 21 heavy (non-hydrogen) atoms. The molecule has 1 aromatic carbocycles. The average molecular weight is 291 g/mol. The zero-order chi connectivity index (χ0) is 15.1. The van der Waals surface area contributed by atoms with Crippen molar-refractivity contribution in [3.8, 4) is 0 Å². The molecule has 0 saturated carbocycles. The number of carbonyl (C=O) groups is 2. The van der Waals surface area contributed by atoms with E-state index in [0.29, 0.717) is 24.2 Å². The highest BCUT2D eigenvalue weighted by atomic mass is 16.6. The monoisotopic (exact) mass is 291 g/mol. The molecule has 0 aromatic heterocycles. The fraction of sp³-hybridized carbons (Fsp3) is 0.385. The van der Waals surface area contributed by atoms with Crippen LogP contribution in [0.5, 0.6) is 0 Å². The Morgan fingerprint density at radius 1 is 1.52 bits per heavy atom. The summed E-state index contributed by atoms with van der Waals surface area (Å²) in [5, 5.41) is 13.5. The molecule has 1 N–H and O–H groups in total. The van der Waals surface area contributed by atoms with E-state index in [9.17, 15) is 19.7 Å². The number of anilines is 1. The Morgan fingerprint density at radius 3 is 2.90 bits per heavy atom. The van der Waals surface area contributed by atoms with E-state index in [-0.39, 0.29) is 11.8 Å². The Bertz CT molecular complexity index is 645. The molecule has 1 aromatic rings. The summed E-state index contributed by atoms with van der Waals surface area (Å²) in [6, 6.07) is 3.48. The van der Waals surface area contributed by atoms with Gasteiger partial charge in [0, 0.05) is 12.5 Å². The smallest absolute Gasteiger partial charge is 0.329 e. The second-order valence-corrected chi connectivity index (χ2v) is 5.10. The van der Waals surface area contributed by atoms with Crippen LogP contribution in [0, 0.1) is 17.0 Å². The lowest BCUT2D eigenvalue weighted by Crippen LogP contribution is -2.46. The number of ether oxygens (including phenoxy) is 1. The number of nitrogens with one attached hydrogen (secondary N) is 1. The van der Waals surface area contributed by atoms with Crippen molar-refractivity contribution in [1.82, 2.24) is 4.90 Å². The molecule has 2 saturated heterocycles. The van der Waals surface area contributed by atoms with E-state index in [0.717, 1.165) is 0 Å². The fourth-order valence-electron chi connectivity index (χ4n) is 2.72. The van der Waals surface area contributed by atoms with Gasteiger partial charge in [-0.3, -0.25) is 10.1 Å². The van der Waals surface area contributed by atoms with Crippen LogP contribution < -0.4 is 5.32 Å². The third kappa shape index (κ3) is 2.18. The highest BCUT2D eigenvalue weighted by molar-refractivity contribution is 5.95. The summed E-state index contributed by atoms with van der Waals surface area (Å²) in [6.07, 6.45) is 0.277. The number of nitro groups is 1. The van der Waals surface area contributed by atoms with Gasteiger partial charge in [-0.25, -0.2) is 9.59 Å². The van der Waals surface area contributed by atoms with Crippen LogP contribution in [0.2, 0.25) is 0 Å². The van der Waals surface area contributed by atoms with Crippen molar-refractivity contribution in [2.45, 2.75) is 25.5 Å². The summed E-state index contributed by atoms with van der Waals surface area (Å²) in [6.45, 7) is 1.92. The van der Waals surface area contributed by atoms with Crippen molar-refractivity contribution in [2.24, 2.45) is 0 Å². The molecular formula is C13H13N3O5. The number of fused-ring (bicyclic) bond motifs is 2. The molecule has 2 fully saturated rings. The van der Waals surface area contributed by atoms with E-state index in [1.165, 1.54) is 17.0 Å². The Morgan fingerprint density at radius 2 is 2.29 bits per heavy atom. The number of nitrogens with zero attached hydrogens (tertiary/aromatic N) is 2. The van der Waals surface area contributed by atoms with Crippen LogP contribution in [-0.2, 0) is 9.53 Å². The third-order valence-corrected chi connectivity index (χ3v) is 3.82. The highest BCUT2D eigenvalue weighted by Crippen LogP contribution is 2.30. The number of likely N-dealkylation sites (tertiary alicyclic amines) is 1. The van der Waals surface area contributed by atoms with Crippen LogP contribution in [0.3, 0.4) is 0 Å². The van der Waals surface area contributed by atoms with Crippen LogP contribution in [0.1, 0.15) is 12.0 Å². The second-order valence-electron chi connectivity index (χ2n) is 5.10. The number of hydrogen-bond donors (Lipinski definition) is 1. The van der Waals surface area contributed by atoms with Gasteiger partial charge in [-0.1, -0.05) is 6.07 Å². The molecule has 2 unspecified atom stereocenters. The average Bonchev–Trinajstić information content (AvgIpc) is 2.99. The second kappa shape index (κ2) is 4.72. The molecule has 3 rings (SSSR count). The number of carbonyl (C=O) groups excluding carboxylic acids is 2. The maximum absolute atomic E-state index is 12.2. The minimum Gasteiger partial charge on any atom is -0.459 e. The van der Waals surface area contributed by atoms with Crippen molar-refractivity contribution in [2.75, 3.05) is 11.9 Å². The van der Waals surface area contributed by atoms with E-state index in [1.807, 2.05) is 0 Å². The summed E-state index contributed by atoms with van der Waals surface area (Å²) in [5.41, 5.74) is 0.684. The standard InChI is InChI=1S/C13H13N3O5/c1-7-9(3-2-4-10(7)16(19)20)14-13(18)15-6-8-5-11(15)12(17)21-8/h2-4,8,11H,5-6H2,1H3,(H,14,18). The van der Waals surface area contributed by atoms with Gasteiger partial charge in [0.1, 0.15) is 12.1 Å². The Balaban J connectivity index is 1.78. The van der Waals surface area contributed by atoms with Gasteiger partial charge < -0.3 is 15.0 Å². The van der Waals surface area contributed by atoms with Gasteiger partial charge in [-0.2, -0.15) is 0 Å². The Kier molecular flexibility index (Phi) is 3.00. The maximum Gasteiger partial charge on any atom is 0.329 e. The summed E-state index contributed by atoms with van der Waals surface area (Å²) in [5.74, 6) is -0.392. The molecule has 0 aliphatic carbocycles. The lowest BCUT2D eigenvalue weighted by atomic mass is 10.1. The minimum atomic E-state index is -0.547. The number of rotatable bonds is 2. The molecule has 2 aliphatic rings. The van der Waals surface area contributed by atoms with Gasteiger partial charge in [-0.05, 0) is 13.0 Å². The molecule has 110 valence electrons. The number of amides is 2. The first-order valence-electron chi connectivity index (χ1n) is 6.49. The maximum atomic E-state index is 12.2. The first-order valence-corrected chi connectivity index (χ1v) is 6.49. The molecule has 8 nitrogen and oxygen atoms in total. The van der Waals surface area contributed by atoms with Gasteiger partial charge in [0.15, 0.2) is 0 Å². The molecular weight excluding hydrogens is 278 g/mol. The predicted octanol–water partition coefficient (Wildman–Crippen LogP) is 1.43. The number of nitro benzene ring substituents is 1. The first kappa shape index (κ1) is 13.3. The number of hydrogen-bond acceptors (Lipinski definition) is 5. The minimum absolute atomic E-state index is 0.0600. The van der Waals surface area contributed by atoms with Crippen LogP contribution >= 0.6 is 0 Å². The van der Waals surface area contributed by atoms with E-state index >= 15 is 0 Å².